The van der Waals surface area contributed by atoms with E-state index in [0.717, 1.165) is 43.9 Å². The van der Waals surface area contributed by atoms with E-state index in [2.05, 4.69) is 43.5 Å². The Morgan fingerprint density at radius 3 is 2.57 bits per heavy atom. The molecule has 2 aliphatic rings. The van der Waals surface area contributed by atoms with Crippen LogP contribution in [0.3, 0.4) is 0 Å². The van der Waals surface area contributed by atoms with Crippen molar-refractivity contribution in [3.8, 4) is 0 Å². The first-order valence-electron chi connectivity index (χ1n) is 10.0. The van der Waals surface area contributed by atoms with Crippen LogP contribution in [-0.4, -0.2) is 28.8 Å². The molecule has 2 heterocycles. The van der Waals surface area contributed by atoms with Crippen LogP contribution in [0, 0.1) is 11.3 Å². The fraction of sp³-hybridized carbons (Fsp3) is 0.545. The highest BCUT2D eigenvalue weighted by atomic mass is 35.5. The number of carbonyl (C=O) groups excluding carboxylic acids is 1. The summed E-state index contributed by atoms with van der Waals surface area (Å²) >= 11 is 0. The van der Waals surface area contributed by atoms with Crippen molar-refractivity contribution in [3.63, 3.8) is 0 Å². The average molecular weight is 403 g/mol. The summed E-state index contributed by atoms with van der Waals surface area (Å²) in [4.78, 5) is 12.9. The molecule has 0 radical (unpaired) electrons. The molecule has 1 amide bonds. The summed E-state index contributed by atoms with van der Waals surface area (Å²) in [7, 11) is 0. The fourth-order valence-corrected chi connectivity index (χ4v) is 4.17. The van der Waals surface area contributed by atoms with Crippen LogP contribution in [0.4, 0.5) is 5.82 Å². The molecule has 1 aromatic heterocycles. The highest BCUT2D eigenvalue weighted by Gasteiger charge is 2.57. The van der Waals surface area contributed by atoms with E-state index in [1.165, 1.54) is 5.56 Å². The third kappa shape index (κ3) is 4.26. The van der Waals surface area contributed by atoms with Crippen LogP contribution in [0.25, 0.3) is 0 Å². The van der Waals surface area contributed by atoms with E-state index in [9.17, 15) is 4.79 Å². The number of halogens is 1. The molecule has 152 valence electrons. The van der Waals surface area contributed by atoms with Crippen LogP contribution in [0.2, 0.25) is 0 Å². The maximum absolute atomic E-state index is 12.9. The largest absolute Gasteiger partial charge is 0.317 e. The van der Waals surface area contributed by atoms with Gasteiger partial charge in [-0.25, -0.2) is 4.68 Å². The Hall–Kier alpha value is -1.85. The molecular formula is C22H31ClN4O. The van der Waals surface area contributed by atoms with Crippen molar-refractivity contribution in [1.29, 1.82) is 0 Å². The molecule has 5 nitrogen and oxygen atoms in total. The lowest BCUT2D eigenvalue weighted by molar-refractivity contribution is -0.118. The van der Waals surface area contributed by atoms with Crippen LogP contribution >= 0.6 is 12.4 Å². The molecule has 1 aromatic carbocycles. The normalized spacial score (nSPS) is 20.5. The number of hydrogen-bond donors (Lipinski definition) is 2. The number of amides is 1. The van der Waals surface area contributed by atoms with Crippen LogP contribution in [0.1, 0.15) is 51.3 Å². The van der Waals surface area contributed by atoms with Gasteiger partial charge in [0.2, 0.25) is 5.91 Å². The Bertz CT molecular complexity index is 819. The highest BCUT2D eigenvalue weighted by molar-refractivity contribution is 5.94. The monoisotopic (exact) mass is 402 g/mol. The molecule has 1 spiro atoms. The summed E-state index contributed by atoms with van der Waals surface area (Å²) in [6.45, 7) is 9.18. The van der Waals surface area contributed by atoms with Crippen molar-refractivity contribution in [2.75, 3.05) is 18.4 Å². The minimum absolute atomic E-state index is 0. The van der Waals surface area contributed by atoms with Crippen molar-refractivity contribution in [2.45, 2.75) is 52.0 Å². The van der Waals surface area contributed by atoms with E-state index >= 15 is 0 Å². The second-order valence-electron chi connectivity index (χ2n) is 9.17. The number of piperidine rings is 1. The number of nitrogens with zero attached hydrogens (tertiary/aromatic N) is 2. The molecule has 1 saturated carbocycles. The Morgan fingerprint density at radius 1 is 1.25 bits per heavy atom. The summed E-state index contributed by atoms with van der Waals surface area (Å²) in [5.41, 5.74) is 2.36. The SMILES string of the molecule is CC(C)(C)c1cc(NC(=O)C2CC23CCNCC3)n(Cc2ccccc2)n1.Cl. The third-order valence-corrected chi connectivity index (χ3v) is 6.08. The average Bonchev–Trinajstić information content (AvgIpc) is 3.17. The van der Waals surface area contributed by atoms with Crippen molar-refractivity contribution in [2.24, 2.45) is 11.3 Å². The number of rotatable bonds is 4. The van der Waals surface area contributed by atoms with Crippen molar-refractivity contribution >= 4 is 24.1 Å². The lowest BCUT2D eigenvalue weighted by atomic mass is 9.91. The first-order valence-corrected chi connectivity index (χ1v) is 10.0. The Balaban J connectivity index is 0.00000225. The van der Waals surface area contributed by atoms with Crippen LogP contribution in [0.15, 0.2) is 36.4 Å². The second-order valence-corrected chi connectivity index (χ2v) is 9.17. The van der Waals surface area contributed by atoms with Crippen LogP contribution in [0.5, 0.6) is 0 Å². The van der Waals surface area contributed by atoms with Gasteiger partial charge in [-0.05, 0) is 43.3 Å². The standard InChI is InChI=1S/C22H30N4O.ClH/c1-21(2,3)18-13-19(26(25-18)15-16-7-5-4-6-8-16)24-20(27)17-14-22(17)9-11-23-12-10-22;/h4-8,13,17,23H,9-12,14-15H2,1-3H3,(H,24,27);1H. The summed E-state index contributed by atoms with van der Waals surface area (Å²) in [6, 6.07) is 12.3. The van der Waals surface area contributed by atoms with Gasteiger partial charge in [0.25, 0.3) is 0 Å². The van der Waals surface area contributed by atoms with E-state index in [-0.39, 0.29) is 35.1 Å². The van der Waals surface area contributed by atoms with Gasteiger partial charge in [0.15, 0.2) is 0 Å². The molecule has 1 aliphatic heterocycles. The zero-order chi connectivity index (χ0) is 19.1. The summed E-state index contributed by atoms with van der Waals surface area (Å²) in [6.07, 6.45) is 3.25. The molecule has 28 heavy (non-hydrogen) atoms. The number of carbonyl (C=O) groups is 1. The maximum Gasteiger partial charge on any atom is 0.229 e. The zero-order valence-electron chi connectivity index (χ0n) is 17.0. The van der Waals surface area contributed by atoms with Gasteiger partial charge in [0.1, 0.15) is 5.82 Å². The van der Waals surface area contributed by atoms with Gasteiger partial charge in [0.05, 0.1) is 12.2 Å². The van der Waals surface area contributed by atoms with Gasteiger partial charge in [-0.15, -0.1) is 12.4 Å². The zero-order valence-corrected chi connectivity index (χ0v) is 17.8. The van der Waals surface area contributed by atoms with Crippen LogP contribution in [-0.2, 0) is 16.8 Å². The number of hydrogen-bond acceptors (Lipinski definition) is 3. The summed E-state index contributed by atoms with van der Waals surface area (Å²) in [5, 5.41) is 11.4. The molecular weight excluding hydrogens is 372 g/mol. The number of nitrogens with one attached hydrogen (secondary N) is 2. The smallest absolute Gasteiger partial charge is 0.229 e. The molecule has 1 saturated heterocycles. The predicted molar refractivity (Wildman–Crippen MR) is 115 cm³/mol. The maximum atomic E-state index is 12.9. The molecule has 2 fully saturated rings. The topological polar surface area (TPSA) is 59.0 Å². The Morgan fingerprint density at radius 2 is 1.93 bits per heavy atom. The lowest BCUT2D eigenvalue weighted by Gasteiger charge is -2.23. The van der Waals surface area contributed by atoms with E-state index in [4.69, 9.17) is 5.10 Å². The first-order chi connectivity index (χ1) is 12.9. The predicted octanol–water partition coefficient (Wildman–Crippen LogP) is 3.98. The first kappa shape index (κ1) is 20.9. The van der Waals surface area contributed by atoms with Gasteiger partial charge in [-0.3, -0.25) is 4.79 Å². The van der Waals surface area contributed by atoms with Gasteiger partial charge < -0.3 is 10.6 Å². The number of anilines is 1. The van der Waals surface area contributed by atoms with Crippen molar-refractivity contribution < 1.29 is 4.79 Å². The van der Waals surface area contributed by atoms with Crippen molar-refractivity contribution in [1.82, 2.24) is 15.1 Å². The Kier molecular flexibility index (Phi) is 5.87. The molecule has 1 atom stereocenters. The van der Waals surface area contributed by atoms with E-state index in [1.54, 1.807) is 0 Å². The van der Waals surface area contributed by atoms with Crippen molar-refractivity contribution in [3.05, 3.63) is 47.7 Å². The van der Waals surface area contributed by atoms with E-state index in [1.807, 2.05) is 28.9 Å². The minimum atomic E-state index is -0.0583. The molecule has 4 rings (SSSR count). The summed E-state index contributed by atoms with van der Waals surface area (Å²) < 4.78 is 1.94. The quantitative estimate of drug-likeness (QED) is 0.813. The van der Waals surface area contributed by atoms with Gasteiger partial charge in [0, 0.05) is 17.4 Å². The van der Waals surface area contributed by atoms with E-state index in [0.29, 0.717) is 6.54 Å². The summed E-state index contributed by atoms with van der Waals surface area (Å²) in [5.74, 6) is 1.12. The lowest BCUT2D eigenvalue weighted by Crippen LogP contribution is -2.31. The van der Waals surface area contributed by atoms with Crippen LogP contribution < -0.4 is 10.6 Å². The minimum Gasteiger partial charge on any atom is -0.317 e. The second kappa shape index (κ2) is 7.88. The van der Waals surface area contributed by atoms with E-state index < -0.39 is 0 Å². The fourth-order valence-electron chi connectivity index (χ4n) is 4.17. The molecule has 1 aliphatic carbocycles. The van der Waals surface area contributed by atoms with Gasteiger partial charge in [-0.1, -0.05) is 51.1 Å². The number of aromatic nitrogens is 2. The third-order valence-electron chi connectivity index (χ3n) is 6.08. The molecule has 2 aromatic rings. The Labute approximate surface area is 173 Å². The number of benzene rings is 1. The molecule has 6 heteroatoms. The molecule has 0 bridgehead atoms. The highest BCUT2D eigenvalue weighted by Crippen LogP contribution is 2.58. The van der Waals surface area contributed by atoms with Gasteiger partial charge >= 0.3 is 0 Å². The molecule has 2 N–H and O–H groups in total. The van der Waals surface area contributed by atoms with Gasteiger partial charge in [-0.2, -0.15) is 5.10 Å². The molecule has 1 unspecified atom stereocenters.